The normalized spacial score (nSPS) is 18.4. The average Bonchev–Trinajstić information content (AvgIpc) is 3.00. The summed E-state index contributed by atoms with van der Waals surface area (Å²) < 4.78 is 1.72. The minimum atomic E-state index is -0.464. The lowest BCUT2D eigenvalue weighted by atomic mass is 10.1. The molecule has 0 aliphatic carbocycles. The van der Waals surface area contributed by atoms with Gasteiger partial charge in [0.1, 0.15) is 18.7 Å². The van der Waals surface area contributed by atoms with Gasteiger partial charge in [0.2, 0.25) is 5.91 Å². The summed E-state index contributed by atoms with van der Waals surface area (Å²) in [5, 5.41) is 13.1. The van der Waals surface area contributed by atoms with Crippen molar-refractivity contribution in [2.75, 3.05) is 6.54 Å². The molecular formula is C15H17N5O2. The van der Waals surface area contributed by atoms with Crippen molar-refractivity contribution in [2.45, 2.75) is 25.3 Å². The molecule has 1 saturated heterocycles. The largest absolute Gasteiger partial charge is 0.354 e. The first-order chi connectivity index (χ1) is 10.7. The quantitative estimate of drug-likeness (QED) is 0.871. The van der Waals surface area contributed by atoms with Gasteiger partial charge in [0.05, 0.1) is 0 Å². The Balaban J connectivity index is 1.74. The van der Waals surface area contributed by atoms with E-state index in [1.54, 1.807) is 35.4 Å². The summed E-state index contributed by atoms with van der Waals surface area (Å²) in [6, 6.07) is 6.65. The fourth-order valence-electron chi connectivity index (χ4n) is 2.46. The summed E-state index contributed by atoms with van der Waals surface area (Å²) in [6.07, 6.45) is 5.67. The van der Waals surface area contributed by atoms with Crippen LogP contribution >= 0.6 is 0 Å². The van der Waals surface area contributed by atoms with Crippen LogP contribution in [0, 0.1) is 0 Å². The maximum atomic E-state index is 12.4. The Bertz CT molecular complexity index is 668. The zero-order chi connectivity index (χ0) is 15.4. The van der Waals surface area contributed by atoms with E-state index in [0.717, 1.165) is 18.5 Å². The Morgan fingerprint density at radius 2 is 2.09 bits per heavy atom. The number of nitrogens with zero attached hydrogens (tertiary/aromatic N) is 3. The molecule has 3 rings (SSSR count). The van der Waals surface area contributed by atoms with Crippen LogP contribution in [0.2, 0.25) is 0 Å². The molecule has 2 heterocycles. The van der Waals surface area contributed by atoms with Crippen molar-refractivity contribution in [3.8, 4) is 5.69 Å². The van der Waals surface area contributed by atoms with E-state index in [-0.39, 0.29) is 11.8 Å². The van der Waals surface area contributed by atoms with Crippen LogP contribution in [0.3, 0.4) is 0 Å². The Kier molecular flexibility index (Phi) is 4.13. The van der Waals surface area contributed by atoms with Crippen LogP contribution in [-0.2, 0) is 4.79 Å². The summed E-state index contributed by atoms with van der Waals surface area (Å²) in [6.45, 7) is 0.675. The number of hydrogen-bond acceptors (Lipinski definition) is 4. The number of amides is 2. The van der Waals surface area contributed by atoms with Crippen molar-refractivity contribution in [3.63, 3.8) is 0 Å². The number of aromatic nitrogens is 3. The second-order valence-corrected chi connectivity index (χ2v) is 5.23. The molecule has 7 nitrogen and oxygen atoms in total. The van der Waals surface area contributed by atoms with Crippen molar-refractivity contribution in [2.24, 2.45) is 0 Å². The van der Waals surface area contributed by atoms with Gasteiger partial charge in [0.25, 0.3) is 5.91 Å². The van der Waals surface area contributed by atoms with Crippen LogP contribution in [0.1, 0.15) is 29.6 Å². The Morgan fingerprint density at radius 1 is 1.27 bits per heavy atom. The van der Waals surface area contributed by atoms with Crippen molar-refractivity contribution in [1.29, 1.82) is 0 Å². The first kappa shape index (κ1) is 14.2. The van der Waals surface area contributed by atoms with E-state index in [1.165, 1.54) is 0 Å². The van der Waals surface area contributed by atoms with Crippen molar-refractivity contribution in [3.05, 3.63) is 42.5 Å². The monoisotopic (exact) mass is 299 g/mol. The van der Waals surface area contributed by atoms with E-state index in [9.17, 15) is 9.59 Å². The van der Waals surface area contributed by atoms with Gasteiger partial charge in [-0.25, -0.2) is 0 Å². The van der Waals surface area contributed by atoms with Gasteiger partial charge < -0.3 is 10.6 Å². The van der Waals surface area contributed by atoms with Crippen LogP contribution in [0.15, 0.2) is 36.9 Å². The number of carbonyl (C=O) groups is 2. The smallest absolute Gasteiger partial charge is 0.252 e. The van der Waals surface area contributed by atoms with Crippen LogP contribution in [0.5, 0.6) is 0 Å². The third-order valence-electron chi connectivity index (χ3n) is 3.67. The first-order valence-electron chi connectivity index (χ1n) is 7.28. The predicted octanol–water partition coefficient (Wildman–Crippen LogP) is 0.666. The zero-order valence-corrected chi connectivity index (χ0v) is 12.0. The lowest BCUT2D eigenvalue weighted by molar-refractivity contribution is -0.122. The standard InChI is InChI=1S/C15H17N5O2/c21-14(19-13-6-1-2-7-16-15(13)22)11-4-3-5-12(8-11)20-9-17-18-10-20/h3-5,8-10,13H,1-2,6-7H2,(H,16,22)(H,19,21)/t13-/m0/s1. The molecule has 0 spiro atoms. The summed E-state index contributed by atoms with van der Waals surface area (Å²) in [7, 11) is 0. The van der Waals surface area contributed by atoms with E-state index in [1.807, 2.05) is 6.07 Å². The lowest BCUT2D eigenvalue weighted by Gasteiger charge is -2.15. The molecule has 114 valence electrons. The van der Waals surface area contributed by atoms with Crippen molar-refractivity contribution in [1.82, 2.24) is 25.4 Å². The number of benzene rings is 1. The molecule has 0 bridgehead atoms. The van der Waals surface area contributed by atoms with Gasteiger partial charge in [-0.15, -0.1) is 10.2 Å². The van der Waals surface area contributed by atoms with Crippen LogP contribution in [0.25, 0.3) is 5.69 Å². The number of hydrogen-bond donors (Lipinski definition) is 2. The summed E-state index contributed by atoms with van der Waals surface area (Å²) in [4.78, 5) is 24.2. The lowest BCUT2D eigenvalue weighted by Crippen LogP contribution is -2.45. The van der Waals surface area contributed by atoms with Crippen molar-refractivity contribution < 1.29 is 9.59 Å². The fourth-order valence-corrected chi connectivity index (χ4v) is 2.46. The molecule has 2 amide bonds. The van der Waals surface area contributed by atoms with Gasteiger partial charge in [-0.05, 0) is 37.5 Å². The van der Waals surface area contributed by atoms with Gasteiger partial charge in [-0.3, -0.25) is 14.2 Å². The van der Waals surface area contributed by atoms with Gasteiger partial charge in [0, 0.05) is 17.8 Å². The van der Waals surface area contributed by atoms with E-state index in [0.29, 0.717) is 18.5 Å². The Labute approximate surface area is 127 Å². The van der Waals surface area contributed by atoms with E-state index in [2.05, 4.69) is 20.8 Å². The van der Waals surface area contributed by atoms with Gasteiger partial charge in [-0.2, -0.15) is 0 Å². The van der Waals surface area contributed by atoms with Gasteiger partial charge in [-0.1, -0.05) is 6.07 Å². The SMILES string of the molecule is O=C(N[C@H]1CCCCNC1=O)c1cccc(-n2cnnc2)c1. The molecule has 2 aromatic rings. The van der Waals surface area contributed by atoms with E-state index < -0.39 is 6.04 Å². The topological polar surface area (TPSA) is 88.9 Å². The molecule has 22 heavy (non-hydrogen) atoms. The van der Waals surface area contributed by atoms with E-state index in [4.69, 9.17) is 0 Å². The molecule has 1 aromatic heterocycles. The molecular weight excluding hydrogens is 282 g/mol. The number of carbonyl (C=O) groups excluding carboxylic acids is 2. The predicted molar refractivity (Wildman–Crippen MR) is 79.5 cm³/mol. The highest BCUT2D eigenvalue weighted by Crippen LogP contribution is 2.11. The third-order valence-corrected chi connectivity index (χ3v) is 3.67. The summed E-state index contributed by atoms with van der Waals surface area (Å²) in [5.41, 5.74) is 1.30. The van der Waals surface area contributed by atoms with Crippen LogP contribution in [0.4, 0.5) is 0 Å². The minimum Gasteiger partial charge on any atom is -0.354 e. The second-order valence-electron chi connectivity index (χ2n) is 5.23. The first-order valence-corrected chi connectivity index (χ1v) is 7.28. The molecule has 1 aliphatic rings. The van der Waals surface area contributed by atoms with Crippen LogP contribution in [-0.4, -0.2) is 39.2 Å². The number of nitrogens with one attached hydrogen (secondary N) is 2. The Morgan fingerprint density at radius 3 is 2.91 bits per heavy atom. The molecule has 7 heteroatoms. The zero-order valence-electron chi connectivity index (χ0n) is 12.0. The average molecular weight is 299 g/mol. The maximum Gasteiger partial charge on any atom is 0.252 e. The maximum absolute atomic E-state index is 12.4. The fraction of sp³-hybridized carbons (Fsp3) is 0.333. The highest BCUT2D eigenvalue weighted by atomic mass is 16.2. The molecule has 1 aromatic carbocycles. The highest BCUT2D eigenvalue weighted by molar-refractivity contribution is 5.98. The van der Waals surface area contributed by atoms with Gasteiger partial charge in [0.15, 0.2) is 0 Å². The second kappa shape index (κ2) is 6.38. The van der Waals surface area contributed by atoms with Crippen LogP contribution < -0.4 is 10.6 Å². The molecule has 2 N–H and O–H groups in total. The number of rotatable bonds is 3. The van der Waals surface area contributed by atoms with Crippen molar-refractivity contribution >= 4 is 11.8 Å². The highest BCUT2D eigenvalue weighted by Gasteiger charge is 2.22. The summed E-state index contributed by atoms with van der Waals surface area (Å²) in [5.74, 6) is -0.363. The minimum absolute atomic E-state index is 0.110. The molecule has 1 atom stereocenters. The molecule has 0 saturated carbocycles. The third kappa shape index (κ3) is 3.13. The van der Waals surface area contributed by atoms with E-state index >= 15 is 0 Å². The molecule has 1 aliphatic heterocycles. The Hall–Kier alpha value is -2.70. The molecule has 0 unspecified atom stereocenters. The molecule has 1 fully saturated rings. The molecule has 0 radical (unpaired) electrons. The van der Waals surface area contributed by atoms with Gasteiger partial charge >= 0.3 is 0 Å². The summed E-state index contributed by atoms with van der Waals surface area (Å²) >= 11 is 0.